The average molecular weight is 157 g/mol. The van der Waals surface area contributed by atoms with E-state index in [1.807, 2.05) is 5.51 Å². The van der Waals surface area contributed by atoms with Gasteiger partial charge < -0.3 is 0 Å². The van der Waals surface area contributed by atoms with Crippen LogP contribution in [0.5, 0.6) is 0 Å². The molecule has 0 aliphatic heterocycles. The molecule has 0 bridgehead atoms. The van der Waals surface area contributed by atoms with Gasteiger partial charge in [0.15, 0.2) is 0 Å². The molecule has 50 valence electrons. The van der Waals surface area contributed by atoms with Gasteiger partial charge in [-0.2, -0.15) is 0 Å². The van der Waals surface area contributed by atoms with Crippen molar-refractivity contribution in [2.45, 2.75) is 19.6 Å². The van der Waals surface area contributed by atoms with E-state index in [0.29, 0.717) is 0 Å². The van der Waals surface area contributed by atoms with Gasteiger partial charge in [0.05, 0.1) is 5.51 Å². The molecule has 0 saturated heterocycles. The highest BCUT2D eigenvalue weighted by atomic mass is 32.1. The SMILES string of the molecule is C[Si](C)(C)c1cscn1. The van der Waals surface area contributed by atoms with Crippen molar-refractivity contribution in [3.05, 3.63) is 10.9 Å². The minimum Gasteiger partial charge on any atom is -0.255 e. The molecule has 1 nitrogen and oxygen atoms in total. The van der Waals surface area contributed by atoms with Crippen LogP contribution in [-0.4, -0.2) is 13.1 Å². The summed E-state index contributed by atoms with van der Waals surface area (Å²) in [7, 11) is -1.08. The average Bonchev–Trinajstić information content (AvgIpc) is 2.08. The molecule has 1 aromatic rings. The molecule has 0 radical (unpaired) electrons. The lowest BCUT2D eigenvalue weighted by molar-refractivity contribution is 1.45. The van der Waals surface area contributed by atoms with Crippen LogP contribution in [0.2, 0.25) is 19.6 Å². The largest absolute Gasteiger partial charge is 0.255 e. The zero-order chi connectivity index (χ0) is 6.91. The number of thiazole rings is 1. The van der Waals surface area contributed by atoms with Crippen LogP contribution in [0.3, 0.4) is 0 Å². The first-order valence-electron chi connectivity index (χ1n) is 2.99. The Kier molecular flexibility index (Phi) is 1.72. The maximum Gasteiger partial charge on any atom is 0.102 e. The van der Waals surface area contributed by atoms with E-state index in [1.54, 1.807) is 11.3 Å². The molecule has 0 fully saturated rings. The Bertz CT molecular complexity index is 175. The fourth-order valence-electron chi connectivity index (χ4n) is 0.583. The quantitative estimate of drug-likeness (QED) is 0.565. The van der Waals surface area contributed by atoms with E-state index < -0.39 is 8.07 Å². The van der Waals surface area contributed by atoms with Crippen LogP contribution in [0.4, 0.5) is 0 Å². The normalized spacial score (nSPS) is 11.9. The predicted molar refractivity (Wildman–Crippen MR) is 45.1 cm³/mol. The molecule has 0 saturated carbocycles. The maximum atomic E-state index is 4.27. The molecule has 0 aliphatic carbocycles. The summed E-state index contributed by atoms with van der Waals surface area (Å²) < 4.78 is 0. The van der Waals surface area contributed by atoms with Crippen molar-refractivity contribution in [1.82, 2.24) is 4.98 Å². The van der Waals surface area contributed by atoms with Crippen LogP contribution < -0.4 is 5.32 Å². The van der Waals surface area contributed by atoms with Crippen LogP contribution in [0, 0.1) is 0 Å². The topological polar surface area (TPSA) is 12.9 Å². The summed E-state index contributed by atoms with van der Waals surface area (Å²) in [6, 6.07) is 0. The predicted octanol–water partition coefficient (Wildman–Crippen LogP) is 1.69. The Labute approximate surface area is 60.8 Å². The molecule has 9 heavy (non-hydrogen) atoms. The lowest BCUT2D eigenvalue weighted by atomic mass is 11.0. The summed E-state index contributed by atoms with van der Waals surface area (Å²) in [5.74, 6) is 0. The molecule has 0 aliphatic rings. The zero-order valence-electron chi connectivity index (χ0n) is 6.01. The fourth-order valence-corrected chi connectivity index (χ4v) is 3.17. The highest BCUT2D eigenvalue weighted by Crippen LogP contribution is 2.01. The van der Waals surface area contributed by atoms with Gasteiger partial charge in [-0.25, -0.2) is 0 Å². The third-order valence-corrected chi connectivity index (χ3v) is 3.81. The Morgan fingerprint density at radius 3 is 2.33 bits per heavy atom. The van der Waals surface area contributed by atoms with E-state index in [0.717, 1.165) is 0 Å². The van der Waals surface area contributed by atoms with Gasteiger partial charge in [-0.3, -0.25) is 4.98 Å². The second-order valence-corrected chi connectivity index (χ2v) is 8.85. The van der Waals surface area contributed by atoms with Crippen molar-refractivity contribution in [3.63, 3.8) is 0 Å². The number of rotatable bonds is 1. The van der Waals surface area contributed by atoms with Gasteiger partial charge in [-0.1, -0.05) is 19.6 Å². The molecular weight excluding hydrogens is 146 g/mol. The second kappa shape index (κ2) is 2.23. The van der Waals surface area contributed by atoms with Gasteiger partial charge in [0, 0.05) is 10.7 Å². The standard InChI is InChI=1S/C6H11NSSi/c1-9(2,3)6-4-8-5-7-6/h4-5H,1-3H3. The molecule has 0 unspecified atom stereocenters. The monoisotopic (exact) mass is 157 g/mol. The van der Waals surface area contributed by atoms with Gasteiger partial charge in [0.1, 0.15) is 8.07 Å². The Morgan fingerprint density at radius 1 is 1.44 bits per heavy atom. The van der Waals surface area contributed by atoms with Crippen molar-refractivity contribution in [1.29, 1.82) is 0 Å². The fraction of sp³-hybridized carbons (Fsp3) is 0.500. The summed E-state index contributed by atoms with van der Waals surface area (Å²) >= 11 is 1.69. The Hall–Kier alpha value is -0.153. The molecule has 0 aromatic carbocycles. The van der Waals surface area contributed by atoms with Gasteiger partial charge in [0.2, 0.25) is 0 Å². The lowest BCUT2D eigenvalue weighted by Gasteiger charge is -2.10. The van der Waals surface area contributed by atoms with Crippen LogP contribution in [0.1, 0.15) is 0 Å². The second-order valence-electron chi connectivity index (χ2n) is 3.12. The summed E-state index contributed by atoms with van der Waals surface area (Å²) in [4.78, 5) is 4.27. The van der Waals surface area contributed by atoms with Crippen molar-refractivity contribution < 1.29 is 0 Å². The molecule has 0 atom stereocenters. The summed E-state index contributed by atoms with van der Waals surface area (Å²) in [5.41, 5.74) is 1.91. The molecule has 0 N–H and O–H groups in total. The third-order valence-electron chi connectivity index (χ3n) is 1.20. The van der Waals surface area contributed by atoms with Crippen molar-refractivity contribution in [2.24, 2.45) is 0 Å². The van der Waals surface area contributed by atoms with Gasteiger partial charge in [-0.15, -0.1) is 11.3 Å². The zero-order valence-corrected chi connectivity index (χ0v) is 7.83. The Morgan fingerprint density at radius 2 is 2.11 bits per heavy atom. The summed E-state index contributed by atoms with van der Waals surface area (Å²) in [5, 5.41) is 3.49. The molecule has 1 heterocycles. The number of hydrogen-bond acceptors (Lipinski definition) is 2. The van der Waals surface area contributed by atoms with E-state index in [2.05, 4.69) is 30.0 Å². The summed E-state index contributed by atoms with van der Waals surface area (Å²) in [6.45, 7) is 6.92. The Balaban J connectivity index is 2.90. The smallest absolute Gasteiger partial charge is 0.102 e. The van der Waals surface area contributed by atoms with E-state index in [9.17, 15) is 0 Å². The molecule has 0 spiro atoms. The van der Waals surface area contributed by atoms with Crippen molar-refractivity contribution >= 4 is 24.7 Å². The van der Waals surface area contributed by atoms with E-state index in [4.69, 9.17) is 0 Å². The molecular formula is C6H11NSSi. The minimum absolute atomic E-state index is 1.08. The van der Waals surface area contributed by atoms with E-state index in [-0.39, 0.29) is 0 Å². The van der Waals surface area contributed by atoms with E-state index in [1.165, 1.54) is 5.32 Å². The number of hydrogen-bond donors (Lipinski definition) is 0. The maximum absolute atomic E-state index is 4.27. The first kappa shape index (κ1) is 6.96. The van der Waals surface area contributed by atoms with Gasteiger partial charge >= 0.3 is 0 Å². The third kappa shape index (κ3) is 1.63. The van der Waals surface area contributed by atoms with Gasteiger partial charge in [-0.05, 0) is 0 Å². The molecule has 0 amide bonds. The van der Waals surface area contributed by atoms with E-state index >= 15 is 0 Å². The highest BCUT2D eigenvalue weighted by Gasteiger charge is 2.17. The first-order chi connectivity index (χ1) is 4.11. The van der Waals surface area contributed by atoms with Crippen LogP contribution in [0.25, 0.3) is 0 Å². The van der Waals surface area contributed by atoms with Crippen LogP contribution in [-0.2, 0) is 0 Å². The highest BCUT2D eigenvalue weighted by molar-refractivity contribution is 7.09. The number of nitrogens with zero attached hydrogens (tertiary/aromatic N) is 1. The minimum atomic E-state index is -1.08. The lowest BCUT2D eigenvalue weighted by Crippen LogP contribution is -2.38. The van der Waals surface area contributed by atoms with Crippen molar-refractivity contribution in [3.8, 4) is 0 Å². The van der Waals surface area contributed by atoms with Crippen molar-refractivity contribution in [2.75, 3.05) is 0 Å². The molecule has 1 aromatic heterocycles. The van der Waals surface area contributed by atoms with Crippen LogP contribution in [0.15, 0.2) is 10.9 Å². The first-order valence-corrected chi connectivity index (χ1v) is 7.43. The summed E-state index contributed by atoms with van der Waals surface area (Å²) in [6.07, 6.45) is 0. The molecule has 3 heteroatoms. The van der Waals surface area contributed by atoms with Crippen LogP contribution >= 0.6 is 11.3 Å². The number of aromatic nitrogens is 1. The van der Waals surface area contributed by atoms with Gasteiger partial charge in [0.25, 0.3) is 0 Å². The molecule has 1 rings (SSSR count).